The predicted octanol–water partition coefficient (Wildman–Crippen LogP) is 1.81. The van der Waals surface area contributed by atoms with Crippen molar-refractivity contribution in [3.8, 4) is 0 Å². The van der Waals surface area contributed by atoms with E-state index in [1.807, 2.05) is 13.8 Å². The lowest BCUT2D eigenvalue weighted by Gasteiger charge is -2.27. The van der Waals surface area contributed by atoms with Gasteiger partial charge in [-0.25, -0.2) is 9.97 Å². The van der Waals surface area contributed by atoms with Crippen LogP contribution in [0.5, 0.6) is 0 Å². The number of aromatic nitrogens is 3. The summed E-state index contributed by atoms with van der Waals surface area (Å²) in [6.07, 6.45) is 3.13. The molecule has 0 bridgehead atoms. The van der Waals surface area contributed by atoms with Gasteiger partial charge in [0.2, 0.25) is 0 Å². The Kier molecular flexibility index (Phi) is 3.14. The van der Waals surface area contributed by atoms with Gasteiger partial charge in [-0.1, -0.05) is 0 Å². The van der Waals surface area contributed by atoms with E-state index in [2.05, 4.69) is 19.9 Å². The maximum Gasteiger partial charge on any atom is 0.255 e. The van der Waals surface area contributed by atoms with Gasteiger partial charge in [0.25, 0.3) is 5.56 Å². The van der Waals surface area contributed by atoms with Gasteiger partial charge in [-0.05, 0) is 19.8 Å². The molecule has 2 aliphatic rings. The van der Waals surface area contributed by atoms with Gasteiger partial charge in [-0.3, -0.25) is 9.69 Å². The molecule has 1 fully saturated rings. The van der Waals surface area contributed by atoms with Gasteiger partial charge < -0.3 is 9.40 Å². The first-order valence-electron chi connectivity index (χ1n) is 7.87. The Labute approximate surface area is 128 Å². The molecule has 0 amide bonds. The molecule has 0 radical (unpaired) electrons. The maximum absolute atomic E-state index is 12.3. The summed E-state index contributed by atoms with van der Waals surface area (Å²) in [7, 11) is 0. The van der Waals surface area contributed by atoms with E-state index < -0.39 is 0 Å². The van der Waals surface area contributed by atoms with Gasteiger partial charge in [0, 0.05) is 38.9 Å². The van der Waals surface area contributed by atoms with Gasteiger partial charge in [0.05, 0.1) is 17.0 Å². The zero-order valence-electron chi connectivity index (χ0n) is 13.0. The Bertz CT molecular complexity index is 773. The predicted molar refractivity (Wildman–Crippen MR) is 80.6 cm³/mol. The third-order valence-electron chi connectivity index (χ3n) is 4.50. The van der Waals surface area contributed by atoms with Crippen molar-refractivity contribution >= 4 is 0 Å². The Hall–Kier alpha value is -1.95. The molecule has 2 aromatic rings. The highest BCUT2D eigenvalue weighted by molar-refractivity contribution is 5.23. The first-order valence-corrected chi connectivity index (χ1v) is 7.87. The molecule has 6 heteroatoms. The number of fused-ring (bicyclic) bond motifs is 1. The van der Waals surface area contributed by atoms with Crippen molar-refractivity contribution in [1.29, 1.82) is 0 Å². The van der Waals surface area contributed by atoms with Crippen LogP contribution in [0.1, 0.15) is 53.2 Å². The summed E-state index contributed by atoms with van der Waals surface area (Å²) in [4.78, 5) is 26.6. The van der Waals surface area contributed by atoms with Gasteiger partial charge in [0.15, 0.2) is 5.89 Å². The van der Waals surface area contributed by atoms with Crippen molar-refractivity contribution in [2.24, 2.45) is 0 Å². The molecule has 0 aromatic carbocycles. The van der Waals surface area contributed by atoms with Gasteiger partial charge in [-0.15, -0.1) is 0 Å². The first-order chi connectivity index (χ1) is 10.6. The SMILES string of the molecule is Cc1nc(CN2CCc3nc(C4CC4)[nH]c(=O)c3C2)c(C)o1. The van der Waals surface area contributed by atoms with Crippen LogP contribution in [-0.2, 0) is 19.5 Å². The average molecular weight is 300 g/mol. The fraction of sp³-hybridized carbons (Fsp3) is 0.562. The minimum atomic E-state index is 0.0321. The summed E-state index contributed by atoms with van der Waals surface area (Å²) in [5.74, 6) is 2.93. The quantitative estimate of drug-likeness (QED) is 0.935. The van der Waals surface area contributed by atoms with Crippen LogP contribution in [0.25, 0.3) is 0 Å². The number of oxazole rings is 1. The zero-order chi connectivity index (χ0) is 15.3. The van der Waals surface area contributed by atoms with E-state index in [1.54, 1.807) is 0 Å². The standard InChI is InChI=1S/C16H20N4O2/c1-9-14(17-10(2)22-9)8-20-6-5-13-12(7-20)16(21)19-15(18-13)11-3-4-11/h11H,3-8H2,1-2H3,(H,18,19,21). The lowest BCUT2D eigenvalue weighted by Crippen LogP contribution is -2.36. The molecular formula is C16H20N4O2. The Morgan fingerprint density at radius 1 is 1.32 bits per heavy atom. The van der Waals surface area contributed by atoms with Crippen LogP contribution in [0.3, 0.4) is 0 Å². The molecule has 0 saturated heterocycles. The first kappa shape index (κ1) is 13.7. The van der Waals surface area contributed by atoms with E-state index >= 15 is 0 Å². The topological polar surface area (TPSA) is 75.0 Å². The van der Waals surface area contributed by atoms with Gasteiger partial charge in [0.1, 0.15) is 11.6 Å². The van der Waals surface area contributed by atoms with E-state index in [-0.39, 0.29) is 5.56 Å². The molecule has 1 N–H and O–H groups in total. The highest BCUT2D eigenvalue weighted by atomic mass is 16.4. The van der Waals surface area contributed by atoms with Crippen LogP contribution in [0, 0.1) is 13.8 Å². The van der Waals surface area contributed by atoms with Crippen LogP contribution >= 0.6 is 0 Å². The maximum atomic E-state index is 12.3. The highest BCUT2D eigenvalue weighted by Gasteiger charge is 2.29. The van der Waals surface area contributed by atoms with Crippen LogP contribution < -0.4 is 5.56 Å². The number of hydrogen-bond acceptors (Lipinski definition) is 5. The second-order valence-corrected chi connectivity index (χ2v) is 6.35. The van der Waals surface area contributed by atoms with Crippen LogP contribution in [0.15, 0.2) is 9.21 Å². The number of nitrogens with one attached hydrogen (secondary N) is 1. The smallest absolute Gasteiger partial charge is 0.255 e. The summed E-state index contributed by atoms with van der Waals surface area (Å²) in [5, 5.41) is 0. The van der Waals surface area contributed by atoms with Crippen LogP contribution in [-0.4, -0.2) is 26.4 Å². The van der Waals surface area contributed by atoms with Crippen LogP contribution in [0.4, 0.5) is 0 Å². The molecule has 2 aromatic heterocycles. The monoisotopic (exact) mass is 300 g/mol. The molecule has 0 unspecified atom stereocenters. The molecule has 1 aliphatic heterocycles. The second kappa shape index (κ2) is 5.05. The number of rotatable bonds is 3. The normalized spacial score (nSPS) is 18.5. The summed E-state index contributed by atoms with van der Waals surface area (Å²) in [5.41, 5.74) is 2.79. The van der Waals surface area contributed by atoms with E-state index in [0.717, 1.165) is 54.3 Å². The van der Waals surface area contributed by atoms with Crippen LogP contribution in [0.2, 0.25) is 0 Å². The van der Waals surface area contributed by atoms with Crippen molar-refractivity contribution < 1.29 is 4.42 Å². The number of nitrogens with zero attached hydrogens (tertiary/aromatic N) is 3. The molecule has 116 valence electrons. The summed E-state index contributed by atoms with van der Waals surface area (Å²) in [6.45, 7) is 6.04. The fourth-order valence-corrected chi connectivity index (χ4v) is 3.12. The van der Waals surface area contributed by atoms with Crippen molar-refractivity contribution in [2.75, 3.05) is 6.54 Å². The molecule has 4 rings (SSSR count). The third kappa shape index (κ3) is 2.47. The Balaban J connectivity index is 1.56. The molecule has 0 atom stereocenters. The highest BCUT2D eigenvalue weighted by Crippen LogP contribution is 2.37. The number of aryl methyl sites for hydroxylation is 2. The number of aromatic amines is 1. The van der Waals surface area contributed by atoms with Crippen molar-refractivity contribution in [1.82, 2.24) is 19.9 Å². The largest absolute Gasteiger partial charge is 0.446 e. The molecule has 0 spiro atoms. The fourth-order valence-electron chi connectivity index (χ4n) is 3.12. The molecule has 1 aliphatic carbocycles. The summed E-state index contributed by atoms with van der Waals surface area (Å²) < 4.78 is 5.48. The third-order valence-corrected chi connectivity index (χ3v) is 4.50. The molecular weight excluding hydrogens is 280 g/mol. The van der Waals surface area contributed by atoms with Crippen molar-refractivity contribution in [3.63, 3.8) is 0 Å². The molecule has 1 saturated carbocycles. The van der Waals surface area contributed by atoms with E-state index in [9.17, 15) is 4.79 Å². The number of hydrogen-bond donors (Lipinski definition) is 1. The minimum Gasteiger partial charge on any atom is -0.446 e. The lowest BCUT2D eigenvalue weighted by atomic mass is 10.1. The molecule has 3 heterocycles. The zero-order valence-corrected chi connectivity index (χ0v) is 13.0. The van der Waals surface area contributed by atoms with Crippen molar-refractivity contribution in [2.45, 2.75) is 52.1 Å². The number of H-pyrrole nitrogens is 1. The summed E-state index contributed by atoms with van der Waals surface area (Å²) in [6, 6.07) is 0. The minimum absolute atomic E-state index is 0.0321. The average Bonchev–Trinajstić information content (AvgIpc) is 3.27. The van der Waals surface area contributed by atoms with Gasteiger partial charge >= 0.3 is 0 Å². The molecule has 22 heavy (non-hydrogen) atoms. The van der Waals surface area contributed by atoms with E-state index in [4.69, 9.17) is 4.42 Å². The molecule has 6 nitrogen and oxygen atoms in total. The van der Waals surface area contributed by atoms with Crippen molar-refractivity contribution in [3.05, 3.63) is 44.8 Å². The Morgan fingerprint density at radius 3 is 2.82 bits per heavy atom. The van der Waals surface area contributed by atoms with E-state index in [0.29, 0.717) is 24.9 Å². The summed E-state index contributed by atoms with van der Waals surface area (Å²) >= 11 is 0. The lowest BCUT2D eigenvalue weighted by molar-refractivity contribution is 0.237. The second-order valence-electron chi connectivity index (χ2n) is 6.35. The van der Waals surface area contributed by atoms with Gasteiger partial charge in [-0.2, -0.15) is 0 Å². The van der Waals surface area contributed by atoms with E-state index in [1.165, 1.54) is 0 Å². The Morgan fingerprint density at radius 2 is 2.14 bits per heavy atom.